The second kappa shape index (κ2) is 10.2. The van der Waals surface area contributed by atoms with Gasteiger partial charge in [0.15, 0.2) is 0 Å². The number of Topliss-reactive ketones (excluding diaryl/α,β-unsaturated/α-hetero) is 1. The van der Waals surface area contributed by atoms with Gasteiger partial charge in [-0.15, -0.1) is 12.3 Å². The highest BCUT2D eigenvalue weighted by atomic mass is 32.2. The number of benzene rings is 1. The molecule has 3 aliphatic rings. The summed E-state index contributed by atoms with van der Waals surface area (Å²) in [6, 6.07) is 5.78. The molecule has 1 N–H and O–H groups in total. The molecule has 1 spiro atoms. The van der Waals surface area contributed by atoms with Crippen LogP contribution in [0.2, 0.25) is 0 Å². The van der Waals surface area contributed by atoms with Crippen LogP contribution in [0.1, 0.15) is 62.1 Å². The minimum atomic E-state index is -3.45. The van der Waals surface area contributed by atoms with Gasteiger partial charge >= 0.3 is 0 Å². The summed E-state index contributed by atoms with van der Waals surface area (Å²) in [7, 11) is -3.45. The Labute approximate surface area is 208 Å². The van der Waals surface area contributed by atoms with Crippen LogP contribution in [0.3, 0.4) is 0 Å². The van der Waals surface area contributed by atoms with Gasteiger partial charge in [-0.25, -0.2) is 12.7 Å². The quantitative estimate of drug-likeness (QED) is 0.586. The van der Waals surface area contributed by atoms with Crippen LogP contribution in [0.15, 0.2) is 23.2 Å². The van der Waals surface area contributed by atoms with Crippen LogP contribution in [0, 0.1) is 31.1 Å². The van der Waals surface area contributed by atoms with Crippen molar-refractivity contribution in [2.45, 2.75) is 70.8 Å². The molecule has 0 aromatic heterocycles. The molecular weight excluding hydrogens is 462 g/mol. The molecule has 7 nitrogen and oxygen atoms in total. The Morgan fingerprint density at radius 1 is 1.23 bits per heavy atom. The molecule has 35 heavy (non-hydrogen) atoms. The van der Waals surface area contributed by atoms with Crippen molar-refractivity contribution >= 4 is 27.5 Å². The number of aliphatic imine (C=N–C) groups is 1. The fourth-order valence-electron chi connectivity index (χ4n) is 5.55. The van der Waals surface area contributed by atoms with Crippen molar-refractivity contribution in [3.05, 3.63) is 34.9 Å². The predicted octanol–water partition coefficient (Wildman–Crippen LogP) is 2.80. The molecule has 2 aliphatic heterocycles. The number of nitrogens with one attached hydrogen (secondary N) is 1. The smallest absolute Gasteiger partial charge is 0.253 e. The highest BCUT2D eigenvalue weighted by Crippen LogP contribution is 2.36. The fraction of sp³-hybridized carbons (Fsp3) is 0.593. The van der Waals surface area contributed by atoms with Gasteiger partial charge in [-0.2, -0.15) is 0 Å². The summed E-state index contributed by atoms with van der Waals surface area (Å²) < 4.78 is 27.6. The molecule has 0 bridgehead atoms. The summed E-state index contributed by atoms with van der Waals surface area (Å²) in [5.74, 6) is 4.17. The average Bonchev–Trinajstić information content (AvgIpc) is 3.14. The number of carbonyl (C=O) groups is 2. The van der Waals surface area contributed by atoms with E-state index >= 15 is 0 Å². The second-order valence-corrected chi connectivity index (χ2v) is 12.4. The van der Waals surface area contributed by atoms with Crippen molar-refractivity contribution in [3.8, 4) is 12.3 Å². The third-order valence-electron chi connectivity index (χ3n) is 7.78. The Hall–Kier alpha value is -2.50. The summed E-state index contributed by atoms with van der Waals surface area (Å²) in [5.41, 5.74) is 2.07. The van der Waals surface area contributed by atoms with Gasteiger partial charge in [0, 0.05) is 31.3 Å². The molecule has 2 fully saturated rings. The van der Waals surface area contributed by atoms with Crippen molar-refractivity contribution in [1.82, 2.24) is 9.62 Å². The maximum Gasteiger partial charge on any atom is 0.253 e. The maximum absolute atomic E-state index is 13.1. The number of carbonyl (C=O) groups excluding carboxylic acids is 2. The maximum atomic E-state index is 13.1. The third-order valence-corrected chi connectivity index (χ3v) is 9.65. The van der Waals surface area contributed by atoms with E-state index in [1.807, 2.05) is 25.1 Å². The Bertz CT molecular complexity index is 1170. The molecule has 1 aliphatic carbocycles. The fourth-order valence-corrected chi connectivity index (χ4v) is 7.02. The van der Waals surface area contributed by atoms with E-state index in [9.17, 15) is 18.0 Å². The molecule has 0 atom stereocenters. The lowest BCUT2D eigenvalue weighted by molar-refractivity contribution is -0.125. The Morgan fingerprint density at radius 2 is 1.91 bits per heavy atom. The molecule has 1 aromatic carbocycles. The van der Waals surface area contributed by atoms with Crippen LogP contribution < -0.4 is 5.32 Å². The minimum Gasteiger partial charge on any atom is -0.312 e. The van der Waals surface area contributed by atoms with E-state index < -0.39 is 15.6 Å². The lowest BCUT2D eigenvalue weighted by atomic mass is 9.82. The largest absolute Gasteiger partial charge is 0.312 e. The lowest BCUT2D eigenvalue weighted by Gasteiger charge is -2.34. The van der Waals surface area contributed by atoms with Gasteiger partial charge in [-0.1, -0.05) is 18.2 Å². The zero-order valence-electron chi connectivity index (χ0n) is 20.7. The first-order valence-electron chi connectivity index (χ1n) is 12.5. The van der Waals surface area contributed by atoms with Crippen LogP contribution >= 0.6 is 0 Å². The van der Waals surface area contributed by atoms with Gasteiger partial charge in [0.25, 0.3) is 5.91 Å². The molecule has 0 radical (unpaired) electrons. The summed E-state index contributed by atoms with van der Waals surface area (Å²) in [6.07, 6.45) is 10.9. The van der Waals surface area contributed by atoms with Crippen molar-refractivity contribution in [1.29, 1.82) is 0 Å². The summed E-state index contributed by atoms with van der Waals surface area (Å²) in [4.78, 5) is 29.1. The number of amides is 1. The number of nitrogens with zero attached hydrogens (tertiary/aromatic N) is 2. The SMILES string of the molecule is C#CC1CCC(C2=NC3(CCN(S(=O)(=O)CCc4ccc(CC(C)=O)cc4C)CC3)C(=O)N2)CC1. The van der Waals surface area contributed by atoms with Crippen LogP contribution in [0.4, 0.5) is 0 Å². The molecule has 2 heterocycles. The van der Waals surface area contributed by atoms with E-state index in [4.69, 9.17) is 11.4 Å². The molecule has 0 unspecified atom stereocenters. The summed E-state index contributed by atoms with van der Waals surface area (Å²) in [5, 5.41) is 3.01. The number of hydrogen-bond donors (Lipinski definition) is 1. The molecule has 1 aromatic rings. The van der Waals surface area contributed by atoms with Gasteiger partial charge in [0.1, 0.15) is 17.2 Å². The second-order valence-electron chi connectivity index (χ2n) is 10.3. The van der Waals surface area contributed by atoms with Gasteiger partial charge in [-0.3, -0.25) is 14.6 Å². The monoisotopic (exact) mass is 497 g/mol. The van der Waals surface area contributed by atoms with E-state index in [0.29, 0.717) is 44.7 Å². The van der Waals surface area contributed by atoms with E-state index in [-0.39, 0.29) is 23.4 Å². The first-order chi connectivity index (χ1) is 16.6. The molecule has 4 rings (SSSR count). The minimum absolute atomic E-state index is 0.0199. The van der Waals surface area contributed by atoms with Crippen molar-refractivity contribution in [3.63, 3.8) is 0 Å². The zero-order chi connectivity index (χ0) is 25.2. The van der Waals surface area contributed by atoms with Crippen LogP contribution in [-0.4, -0.2) is 54.6 Å². The number of ketones is 1. The van der Waals surface area contributed by atoms with Crippen molar-refractivity contribution < 1.29 is 18.0 Å². The Balaban J connectivity index is 1.35. The van der Waals surface area contributed by atoms with Crippen molar-refractivity contribution in [2.75, 3.05) is 18.8 Å². The number of sulfonamides is 1. The van der Waals surface area contributed by atoms with Gasteiger partial charge in [-0.05, 0) is 75.5 Å². The average molecular weight is 498 g/mol. The summed E-state index contributed by atoms with van der Waals surface area (Å²) >= 11 is 0. The normalized spacial score (nSPS) is 24.6. The number of amidine groups is 1. The van der Waals surface area contributed by atoms with Crippen LogP contribution in [0.25, 0.3) is 0 Å². The highest BCUT2D eigenvalue weighted by molar-refractivity contribution is 7.89. The summed E-state index contributed by atoms with van der Waals surface area (Å²) in [6.45, 7) is 4.11. The van der Waals surface area contributed by atoms with Gasteiger partial charge in [0.05, 0.1) is 5.75 Å². The first kappa shape index (κ1) is 25.6. The van der Waals surface area contributed by atoms with Crippen LogP contribution in [0.5, 0.6) is 0 Å². The molecular formula is C27H35N3O4S. The highest BCUT2D eigenvalue weighted by Gasteiger charge is 2.48. The topological polar surface area (TPSA) is 95.9 Å². The number of terminal acetylenes is 1. The van der Waals surface area contributed by atoms with Crippen LogP contribution in [-0.2, 0) is 32.5 Å². The van der Waals surface area contributed by atoms with E-state index in [2.05, 4.69) is 11.2 Å². The third kappa shape index (κ3) is 5.68. The van der Waals surface area contributed by atoms with E-state index in [1.165, 1.54) is 4.31 Å². The molecule has 1 amide bonds. The number of rotatable bonds is 7. The number of aryl methyl sites for hydroxylation is 2. The predicted molar refractivity (Wildman–Crippen MR) is 136 cm³/mol. The Kier molecular flexibility index (Phi) is 7.48. The zero-order valence-corrected chi connectivity index (χ0v) is 21.5. The molecule has 188 valence electrons. The standard InChI is InChI=1S/C27H35N3O4S/c1-4-21-5-9-24(10-6-21)25-28-26(32)27(29-25)12-14-30(15-13-27)35(33,34)16-11-23-8-7-22(17-19(23)2)18-20(3)31/h1,7-8,17,21,24H,5-6,9-16,18H2,2-3H3,(H,28,29,32). The number of hydrogen-bond acceptors (Lipinski definition) is 5. The molecule has 8 heteroatoms. The Morgan fingerprint density at radius 3 is 2.51 bits per heavy atom. The number of piperidine rings is 1. The van der Waals surface area contributed by atoms with Gasteiger partial charge in [0.2, 0.25) is 10.0 Å². The van der Waals surface area contributed by atoms with E-state index in [0.717, 1.165) is 48.2 Å². The van der Waals surface area contributed by atoms with Crippen molar-refractivity contribution in [2.24, 2.45) is 16.8 Å². The molecule has 1 saturated heterocycles. The molecule has 1 saturated carbocycles. The van der Waals surface area contributed by atoms with E-state index in [1.54, 1.807) is 6.92 Å². The lowest BCUT2D eigenvalue weighted by Crippen LogP contribution is -2.51. The first-order valence-corrected chi connectivity index (χ1v) is 14.2. The van der Waals surface area contributed by atoms with Gasteiger partial charge < -0.3 is 5.32 Å².